The normalized spacial score (nSPS) is 23.1. The van der Waals surface area contributed by atoms with E-state index in [0.717, 1.165) is 6.92 Å². The van der Waals surface area contributed by atoms with Crippen molar-refractivity contribution >= 4 is 18.4 Å². The van der Waals surface area contributed by atoms with Crippen molar-refractivity contribution in [2.24, 2.45) is 15.7 Å². The fourth-order valence-electron chi connectivity index (χ4n) is 3.93. The third-order valence-electron chi connectivity index (χ3n) is 5.28. The third kappa shape index (κ3) is 5.90. The smallest absolute Gasteiger partial charge is 0.245 e. The van der Waals surface area contributed by atoms with Crippen LogP contribution in [0.4, 0.5) is 14.6 Å². The van der Waals surface area contributed by atoms with Crippen molar-refractivity contribution in [3.05, 3.63) is 11.8 Å². The summed E-state index contributed by atoms with van der Waals surface area (Å²) in [7, 11) is 1.50. The van der Waals surface area contributed by atoms with Crippen LogP contribution in [0.5, 0.6) is 0 Å². The van der Waals surface area contributed by atoms with Crippen molar-refractivity contribution in [3.8, 4) is 0 Å². The molecule has 2 unspecified atom stereocenters. The Bertz CT molecular complexity index is 633. The molecule has 2 aliphatic heterocycles. The number of piperidine rings is 1. The highest BCUT2D eigenvalue weighted by atomic mass is 19.3. The van der Waals surface area contributed by atoms with E-state index in [0.29, 0.717) is 36.1 Å². The summed E-state index contributed by atoms with van der Waals surface area (Å²) >= 11 is 0. The van der Waals surface area contributed by atoms with E-state index in [-0.39, 0.29) is 12.8 Å². The van der Waals surface area contributed by atoms with Gasteiger partial charge in [-0.15, -0.1) is 0 Å². The van der Waals surface area contributed by atoms with E-state index in [2.05, 4.69) is 32.4 Å². The van der Waals surface area contributed by atoms with Crippen molar-refractivity contribution in [3.63, 3.8) is 0 Å². The standard InChI is InChI=1S/C18H27F2N5.CH5N/c1-13(21-3)22-17-11-14(9-10-18(2,19)20)23-25(17)12-24-15-5-4-6-16(24)8-7-15;1-2/h11,15-16H,3-10,12H2,1-2H3;2H2,1H3/b22-13-;. The summed E-state index contributed by atoms with van der Waals surface area (Å²) in [6, 6.07) is 3.02. The van der Waals surface area contributed by atoms with Crippen molar-refractivity contribution in [1.29, 1.82) is 0 Å². The van der Waals surface area contributed by atoms with E-state index < -0.39 is 5.92 Å². The fraction of sp³-hybridized carbons (Fsp3) is 0.737. The third-order valence-corrected chi connectivity index (χ3v) is 5.28. The van der Waals surface area contributed by atoms with Crippen LogP contribution in [0.3, 0.4) is 0 Å². The fourth-order valence-corrected chi connectivity index (χ4v) is 3.93. The van der Waals surface area contributed by atoms with E-state index in [1.165, 1.54) is 39.2 Å². The maximum absolute atomic E-state index is 13.2. The molecule has 2 aliphatic rings. The van der Waals surface area contributed by atoms with Crippen molar-refractivity contribution in [2.45, 2.75) is 83.5 Å². The van der Waals surface area contributed by atoms with Gasteiger partial charge >= 0.3 is 0 Å². The average molecular weight is 383 g/mol. The highest BCUT2D eigenvalue weighted by molar-refractivity contribution is 5.85. The minimum Gasteiger partial charge on any atom is -0.333 e. The maximum Gasteiger partial charge on any atom is 0.245 e. The second kappa shape index (κ2) is 9.50. The molecule has 3 heterocycles. The van der Waals surface area contributed by atoms with Crippen LogP contribution in [0.1, 0.15) is 58.1 Å². The van der Waals surface area contributed by atoms with Crippen LogP contribution in [0, 0.1) is 0 Å². The van der Waals surface area contributed by atoms with Crippen molar-refractivity contribution in [2.75, 3.05) is 7.05 Å². The van der Waals surface area contributed by atoms with Gasteiger partial charge in [0.15, 0.2) is 5.82 Å². The zero-order chi connectivity index (χ0) is 20.0. The Morgan fingerprint density at radius 1 is 1.30 bits per heavy atom. The van der Waals surface area contributed by atoms with Crippen LogP contribution >= 0.6 is 0 Å². The first-order valence-corrected chi connectivity index (χ1v) is 9.66. The van der Waals surface area contributed by atoms with E-state index >= 15 is 0 Å². The number of aromatic nitrogens is 2. The monoisotopic (exact) mass is 382 g/mol. The second-order valence-corrected chi connectivity index (χ2v) is 7.35. The Morgan fingerprint density at radius 2 is 1.93 bits per heavy atom. The van der Waals surface area contributed by atoms with Gasteiger partial charge in [-0.05, 0) is 59.7 Å². The predicted molar refractivity (Wildman–Crippen MR) is 106 cm³/mol. The Labute approximate surface area is 160 Å². The number of hydrogen-bond donors (Lipinski definition) is 1. The summed E-state index contributed by atoms with van der Waals surface area (Å²) in [6.45, 7) is 6.88. The number of halogens is 2. The van der Waals surface area contributed by atoms with Gasteiger partial charge in [-0.1, -0.05) is 6.42 Å². The minimum absolute atomic E-state index is 0.208. The number of nitrogens with zero attached hydrogens (tertiary/aromatic N) is 5. The summed E-state index contributed by atoms with van der Waals surface area (Å²) in [5.41, 5.74) is 5.15. The second-order valence-electron chi connectivity index (χ2n) is 7.35. The first kappa shape index (κ1) is 21.6. The van der Waals surface area contributed by atoms with Crippen LogP contribution in [0.2, 0.25) is 0 Å². The van der Waals surface area contributed by atoms with Crippen LogP contribution in [0.15, 0.2) is 16.1 Å². The molecule has 2 saturated heterocycles. The highest BCUT2D eigenvalue weighted by Gasteiger charge is 2.36. The Morgan fingerprint density at radius 3 is 2.48 bits per heavy atom. The molecule has 27 heavy (non-hydrogen) atoms. The Hall–Kier alpha value is -1.67. The highest BCUT2D eigenvalue weighted by Crippen LogP contribution is 2.36. The lowest BCUT2D eigenvalue weighted by Gasteiger charge is -2.34. The maximum atomic E-state index is 13.2. The van der Waals surface area contributed by atoms with Crippen LogP contribution in [0.25, 0.3) is 0 Å². The molecule has 0 radical (unpaired) electrons. The lowest BCUT2D eigenvalue weighted by atomic mass is 10.0. The molecule has 2 fully saturated rings. The zero-order valence-corrected chi connectivity index (χ0v) is 16.7. The summed E-state index contributed by atoms with van der Waals surface area (Å²) in [5.74, 6) is -1.46. The summed E-state index contributed by atoms with van der Waals surface area (Å²) in [6.07, 6.45) is 6.29. The molecule has 0 amide bonds. The van der Waals surface area contributed by atoms with Gasteiger partial charge in [0.05, 0.1) is 12.4 Å². The number of aryl methyl sites for hydroxylation is 1. The number of hydrogen-bond acceptors (Lipinski definition) is 4. The number of rotatable bonds is 6. The molecular formula is C19H32F2N6. The Kier molecular flexibility index (Phi) is 7.61. The van der Waals surface area contributed by atoms with E-state index in [4.69, 9.17) is 0 Å². The molecule has 2 atom stereocenters. The van der Waals surface area contributed by atoms with E-state index in [9.17, 15) is 8.78 Å². The predicted octanol–water partition coefficient (Wildman–Crippen LogP) is 3.77. The van der Waals surface area contributed by atoms with Gasteiger partial charge in [0.25, 0.3) is 0 Å². The molecule has 6 nitrogen and oxygen atoms in total. The van der Waals surface area contributed by atoms with Gasteiger partial charge in [-0.2, -0.15) is 5.10 Å². The zero-order valence-electron chi connectivity index (χ0n) is 16.7. The number of nitrogens with two attached hydrogens (primary N) is 1. The Balaban J connectivity index is 0.00000126. The number of amidine groups is 1. The van der Waals surface area contributed by atoms with E-state index in [1.807, 2.05) is 4.68 Å². The largest absolute Gasteiger partial charge is 0.333 e. The number of alkyl halides is 2. The van der Waals surface area contributed by atoms with Gasteiger partial charge in [-0.25, -0.2) is 23.4 Å². The molecule has 152 valence electrons. The summed E-state index contributed by atoms with van der Waals surface area (Å²) in [5, 5.41) is 4.56. The molecule has 1 aromatic rings. The minimum atomic E-state index is -2.68. The molecule has 0 spiro atoms. The van der Waals surface area contributed by atoms with Gasteiger partial charge in [0, 0.05) is 24.6 Å². The SMILES string of the molecule is C=N/C(C)=N\c1cc(CCC(C)(F)F)nn1CN1C2CCCC1CC2.CN. The molecule has 2 bridgehead atoms. The van der Waals surface area contributed by atoms with Gasteiger partial charge in [0.2, 0.25) is 5.92 Å². The van der Waals surface area contributed by atoms with Crippen molar-refractivity contribution in [1.82, 2.24) is 14.7 Å². The van der Waals surface area contributed by atoms with Crippen LogP contribution in [-0.4, -0.2) is 52.3 Å². The molecule has 0 aromatic carbocycles. The lowest BCUT2D eigenvalue weighted by Crippen LogP contribution is -2.40. The molecular weight excluding hydrogens is 350 g/mol. The number of aliphatic imine (C=N–C) groups is 2. The topological polar surface area (TPSA) is 71.8 Å². The summed E-state index contributed by atoms with van der Waals surface area (Å²) in [4.78, 5) is 10.8. The molecule has 3 rings (SSSR count). The summed E-state index contributed by atoms with van der Waals surface area (Å²) < 4.78 is 28.2. The molecule has 0 aliphatic carbocycles. The molecule has 8 heteroatoms. The number of fused-ring (bicyclic) bond motifs is 2. The van der Waals surface area contributed by atoms with Crippen molar-refractivity contribution < 1.29 is 8.78 Å². The first-order valence-electron chi connectivity index (χ1n) is 9.66. The molecule has 0 saturated carbocycles. The first-order chi connectivity index (χ1) is 12.9. The van der Waals surface area contributed by atoms with Gasteiger partial charge < -0.3 is 5.73 Å². The van der Waals surface area contributed by atoms with Gasteiger partial charge in [0.1, 0.15) is 5.84 Å². The molecule has 2 N–H and O–H groups in total. The molecule has 1 aromatic heterocycles. The van der Waals surface area contributed by atoms with Crippen LogP contribution in [-0.2, 0) is 13.1 Å². The quantitative estimate of drug-likeness (QED) is 0.601. The van der Waals surface area contributed by atoms with E-state index in [1.54, 1.807) is 13.0 Å². The van der Waals surface area contributed by atoms with Crippen LogP contribution < -0.4 is 5.73 Å². The average Bonchev–Trinajstić information content (AvgIpc) is 3.10. The lowest BCUT2D eigenvalue weighted by molar-refractivity contribution is 0.0130. The van der Waals surface area contributed by atoms with Gasteiger partial charge in [-0.3, -0.25) is 4.90 Å².